The van der Waals surface area contributed by atoms with E-state index in [0.717, 1.165) is 44.2 Å². The van der Waals surface area contributed by atoms with Gasteiger partial charge in [-0.15, -0.1) is 0 Å². The zero-order chi connectivity index (χ0) is 20.5. The van der Waals surface area contributed by atoms with Crippen molar-refractivity contribution in [1.29, 1.82) is 0 Å². The predicted molar refractivity (Wildman–Crippen MR) is 112 cm³/mol. The quantitative estimate of drug-likeness (QED) is 0.732. The van der Waals surface area contributed by atoms with Crippen LogP contribution in [0.3, 0.4) is 0 Å². The molecule has 4 rings (SSSR count). The number of hydrogen-bond donors (Lipinski definition) is 1. The minimum absolute atomic E-state index is 0.0325. The second-order valence-corrected chi connectivity index (χ2v) is 9.54. The number of aliphatic hydroxyl groups excluding tert-OH is 1. The number of amides is 2. The average Bonchev–Trinajstić information content (AvgIpc) is 3.47. The van der Waals surface area contributed by atoms with E-state index in [1.54, 1.807) is 0 Å². The van der Waals surface area contributed by atoms with Crippen LogP contribution >= 0.6 is 0 Å². The molecule has 1 aliphatic heterocycles. The van der Waals surface area contributed by atoms with Gasteiger partial charge >= 0.3 is 0 Å². The summed E-state index contributed by atoms with van der Waals surface area (Å²) in [5, 5.41) is 10.1. The molecule has 0 aromatic heterocycles. The minimum Gasteiger partial charge on any atom is -0.394 e. The van der Waals surface area contributed by atoms with Crippen LogP contribution in [0.2, 0.25) is 0 Å². The lowest BCUT2D eigenvalue weighted by atomic mass is 9.72. The number of benzene rings is 1. The fraction of sp³-hybridized carbons (Fsp3) is 0.667. The number of nitrogens with zero attached hydrogens (tertiary/aromatic N) is 2. The fourth-order valence-electron chi connectivity index (χ4n) is 4.97. The first-order chi connectivity index (χ1) is 14.0. The van der Waals surface area contributed by atoms with Crippen molar-refractivity contribution in [2.24, 2.45) is 17.8 Å². The molecule has 1 aromatic rings. The molecular formula is C24H34N2O3. The van der Waals surface area contributed by atoms with Crippen LogP contribution in [0.15, 0.2) is 30.3 Å². The highest BCUT2D eigenvalue weighted by molar-refractivity contribution is 5.83. The van der Waals surface area contributed by atoms with Crippen LogP contribution < -0.4 is 0 Å². The molecule has 3 fully saturated rings. The first kappa shape index (κ1) is 20.4. The van der Waals surface area contributed by atoms with E-state index in [9.17, 15) is 14.7 Å². The summed E-state index contributed by atoms with van der Waals surface area (Å²) in [5.74, 6) is 1.16. The zero-order valence-electron chi connectivity index (χ0n) is 17.7. The Morgan fingerprint density at radius 2 is 1.76 bits per heavy atom. The van der Waals surface area contributed by atoms with Gasteiger partial charge in [0.15, 0.2) is 0 Å². The van der Waals surface area contributed by atoms with Gasteiger partial charge in [0.2, 0.25) is 11.8 Å². The maximum Gasteiger partial charge on any atom is 0.226 e. The highest BCUT2D eigenvalue weighted by Crippen LogP contribution is 2.44. The Bertz CT molecular complexity index is 727. The first-order valence-corrected chi connectivity index (χ1v) is 11.3. The molecule has 2 saturated carbocycles. The van der Waals surface area contributed by atoms with Gasteiger partial charge in [-0.1, -0.05) is 50.6 Å². The van der Waals surface area contributed by atoms with Crippen molar-refractivity contribution in [3.8, 4) is 0 Å². The van der Waals surface area contributed by atoms with Crippen molar-refractivity contribution in [3.63, 3.8) is 0 Å². The van der Waals surface area contributed by atoms with Gasteiger partial charge in [0.25, 0.3) is 0 Å². The summed E-state index contributed by atoms with van der Waals surface area (Å²) in [4.78, 5) is 30.1. The van der Waals surface area contributed by atoms with Crippen molar-refractivity contribution in [3.05, 3.63) is 35.9 Å². The summed E-state index contributed by atoms with van der Waals surface area (Å²) >= 11 is 0. The second-order valence-electron chi connectivity index (χ2n) is 9.54. The molecule has 158 valence electrons. The summed E-state index contributed by atoms with van der Waals surface area (Å²) < 4.78 is 0. The van der Waals surface area contributed by atoms with Gasteiger partial charge in [0.1, 0.15) is 0 Å². The summed E-state index contributed by atoms with van der Waals surface area (Å²) in [6, 6.07) is 9.94. The van der Waals surface area contributed by atoms with E-state index in [1.807, 2.05) is 28.0 Å². The van der Waals surface area contributed by atoms with E-state index in [0.29, 0.717) is 12.5 Å². The fourth-order valence-corrected chi connectivity index (χ4v) is 4.97. The van der Waals surface area contributed by atoms with Gasteiger partial charge in [-0.3, -0.25) is 9.59 Å². The largest absolute Gasteiger partial charge is 0.394 e. The molecule has 29 heavy (non-hydrogen) atoms. The van der Waals surface area contributed by atoms with Gasteiger partial charge in [0.05, 0.1) is 18.7 Å². The molecule has 0 spiro atoms. The van der Waals surface area contributed by atoms with E-state index >= 15 is 0 Å². The lowest BCUT2D eigenvalue weighted by molar-refractivity contribution is -0.161. The maximum atomic E-state index is 13.2. The molecule has 0 radical (unpaired) electrons. The third-order valence-electron chi connectivity index (χ3n) is 6.86. The molecule has 2 amide bonds. The minimum atomic E-state index is -0.188. The standard InChI is InChI=1S/C24H34N2O3/c1-16(2)13-25(23(28)19-11-12-19)14-20-22(17-7-4-3-5-8-17)21(15-27)26(20)24(29)18-9-6-10-18/h3-5,7-8,16,18-22,27H,6,9-15H2,1-2H3/t20-,21+,22-/m0/s1. The van der Waals surface area contributed by atoms with Gasteiger partial charge in [0, 0.05) is 30.8 Å². The average molecular weight is 399 g/mol. The molecule has 1 N–H and O–H groups in total. The molecule has 1 saturated heterocycles. The number of rotatable bonds is 8. The normalized spacial score (nSPS) is 26.8. The second kappa shape index (κ2) is 8.47. The lowest BCUT2D eigenvalue weighted by Crippen LogP contribution is -2.70. The highest BCUT2D eigenvalue weighted by atomic mass is 16.3. The number of aliphatic hydroxyl groups is 1. The van der Waals surface area contributed by atoms with E-state index in [-0.39, 0.29) is 48.3 Å². The summed E-state index contributed by atoms with van der Waals surface area (Å²) in [7, 11) is 0. The summed E-state index contributed by atoms with van der Waals surface area (Å²) in [6.07, 6.45) is 4.99. The maximum absolute atomic E-state index is 13.2. The van der Waals surface area contributed by atoms with Crippen LogP contribution in [0.5, 0.6) is 0 Å². The van der Waals surface area contributed by atoms with Crippen molar-refractivity contribution < 1.29 is 14.7 Å². The summed E-state index contributed by atoms with van der Waals surface area (Å²) in [6.45, 7) is 5.53. The van der Waals surface area contributed by atoms with Crippen LogP contribution in [0, 0.1) is 17.8 Å². The lowest BCUT2D eigenvalue weighted by Gasteiger charge is -2.57. The SMILES string of the molecule is CC(C)CN(C[C@H]1[C@H](c2ccccc2)[C@@H](CO)N1C(=O)C1CCC1)C(=O)C1CC1. The third kappa shape index (κ3) is 4.07. The van der Waals surface area contributed by atoms with Crippen LogP contribution in [0.1, 0.15) is 57.4 Å². The van der Waals surface area contributed by atoms with E-state index < -0.39 is 0 Å². The van der Waals surface area contributed by atoms with Crippen molar-refractivity contribution in [2.45, 2.75) is 64.0 Å². The van der Waals surface area contributed by atoms with E-state index in [2.05, 4.69) is 26.0 Å². The predicted octanol–water partition coefficient (Wildman–Crippen LogP) is 3.04. The van der Waals surface area contributed by atoms with Gasteiger partial charge in [-0.05, 0) is 37.2 Å². The molecule has 3 atom stereocenters. The Morgan fingerprint density at radius 3 is 2.28 bits per heavy atom. The monoisotopic (exact) mass is 398 g/mol. The Hall–Kier alpha value is -1.88. The van der Waals surface area contributed by atoms with E-state index in [4.69, 9.17) is 0 Å². The third-order valence-corrected chi connectivity index (χ3v) is 6.86. The van der Waals surface area contributed by atoms with Gasteiger partial charge in [-0.2, -0.15) is 0 Å². The topological polar surface area (TPSA) is 60.9 Å². The number of carbonyl (C=O) groups excluding carboxylic acids is 2. The van der Waals surface area contributed by atoms with Crippen molar-refractivity contribution >= 4 is 11.8 Å². The Labute approximate surface area is 174 Å². The molecule has 1 aromatic carbocycles. The molecule has 0 unspecified atom stereocenters. The molecule has 3 aliphatic rings. The van der Waals surface area contributed by atoms with Crippen LogP contribution in [0.25, 0.3) is 0 Å². The van der Waals surface area contributed by atoms with Gasteiger partial charge < -0.3 is 14.9 Å². The Balaban J connectivity index is 1.60. The van der Waals surface area contributed by atoms with Crippen molar-refractivity contribution in [1.82, 2.24) is 9.80 Å². The molecule has 0 bridgehead atoms. The molecule has 5 nitrogen and oxygen atoms in total. The first-order valence-electron chi connectivity index (χ1n) is 11.3. The number of carbonyl (C=O) groups is 2. The van der Waals surface area contributed by atoms with Crippen LogP contribution in [-0.2, 0) is 9.59 Å². The van der Waals surface area contributed by atoms with Gasteiger partial charge in [-0.25, -0.2) is 0 Å². The zero-order valence-corrected chi connectivity index (χ0v) is 17.7. The Morgan fingerprint density at radius 1 is 1.07 bits per heavy atom. The molecule has 1 heterocycles. The smallest absolute Gasteiger partial charge is 0.226 e. The molecule has 5 heteroatoms. The van der Waals surface area contributed by atoms with E-state index in [1.165, 1.54) is 0 Å². The number of hydrogen-bond acceptors (Lipinski definition) is 3. The van der Waals surface area contributed by atoms with Crippen LogP contribution in [-0.4, -0.2) is 58.5 Å². The Kier molecular flexibility index (Phi) is 5.95. The summed E-state index contributed by atoms with van der Waals surface area (Å²) in [5.41, 5.74) is 1.15. The molecular weight excluding hydrogens is 364 g/mol. The number of likely N-dealkylation sites (tertiary alicyclic amines) is 1. The highest BCUT2D eigenvalue weighted by Gasteiger charge is 2.53. The molecule has 2 aliphatic carbocycles. The van der Waals surface area contributed by atoms with Crippen molar-refractivity contribution in [2.75, 3.05) is 19.7 Å². The van der Waals surface area contributed by atoms with Crippen LogP contribution in [0.4, 0.5) is 0 Å².